The number of benzene rings is 2. The van der Waals surface area contributed by atoms with E-state index in [4.69, 9.17) is 22.1 Å². The number of hydrogen-bond donors (Lipinski definition) is 1. The molecular weight excluding hydrogens is 322 g/mol. The van der Waals surface area contributed by atoms with Crippen LogP contribution in [-0.4, -0.2) is 20.7 Å². The zero-order valence-electron chi connectivity index (χ0n) is 12.0. The largest absolute Gasteiger partial charge is 0.497 e. The zero-order chi connectivity index (χ0) is 16.2. The second kappa shape index (κ2) is 6.85. The Bertz CT molecular complexity index is 784. The third-order valence-corrected chi connectivity index (χ3v) is 5.26. The Hall–Kier alpha value is -1.98. The number of halogens is 1. The van der Waals surface area contributed by atoms with E-state index < -0.39 is 15.0 Å². The number of methoxy groups -OCH3 is 1. The van der Waals surface area contributed by atoms with Crippen molar-refractivity contribution in [2.45, 2.75) is 4.90 Å². The molecule has 0 saturated carbocycles. The molecule has 2 rings (SSSR count). The van der Waals surface area contributed by atoms with Crippen molar-refractivity contribution in [3.8, 4) is 5.75 Å². The molecule has 0 atom stereocenters. The van der Waals surface area contributed by atoms with E-state index in [-0.39, 0.29) is 4.90 Å². The van der Waals surface area contributed by atoms with Gasteiger partial charge < -0.3 is 10.5 Å². The number of anilines is 1. The number of hydrogen-bond acceptors (Lipinski definition) is 4. The minimum atomic E-state index is -3.55. The molecule has 0 aliphatic heterocycles. The van der Waals surface area contributed by atoms with Gasteiger partial charge in [0.1, 0.15) is 11.0 Å². The van der Waals surface area contributed by atoms with E-state index in [2.05, 4.69) is 0 Å². The normalized spacial score (nSPS) is 11.7. The Labute approximate surface area is 135 Å². The number of alkyl halides is 1. The fourth-order valence-corrected chi connectivity index (χ4v) is 3.20. The van der Waals surface area contributed by atoms with Crippen LogP contribution < -0.4 is 10.5 Å². The Kier molecular flexibility index (Phi) is 5.11. The summed E-state index contributed by atoms with van der Waals surface area (Å²) in [4.78, 5) is 0.132. The standard InChI is InChI=1S/C16H16ClNO3S/c1-21-15-8-3-12(4-9-15)2-5-13-6-7-14(18)10-16(13)22(19,20)11-17/h2-10H,11,18H2,1H3/b5-2+. The molecule has 0 heterocycles. The highest BCUT2D eigenvalue weighted by atomic mass is 35.5. The molecule has 0 amide bonds. The predicted molar refractivity (Wildman–Crippen MR) is 90.7 cm³/mol. The minimum Gasteiger partial charge on any atom is -0.497 e. The van der Waals surface area contributed by atoms with Crippen molar-refractivity contribution in [1.29, 1.82) is 0 Å². The lowest BCUT2D eigenvalue weighted by Crippen LogP contribution is -2.05. The number of sulfone groups is 1. The molecule has 2 aromatic carbocycles. The Balaban J connectivity index is 2.38. The fourth-order valence-electron chi connectivity index (χ4n) is 1.92. The Morgan fingerprint density at radius 1 is 1.14 bits per heavy atom. The third-order valence-electron chi connectivity index (χ3n) is 3.09. The summed E-state index contributed by atoms with van der Waals surface area (Å²) in [7, 11) is -1.95. The first kappa shape index (κ1) is 16.4. The molecule has 0 aliphatic rings. The van der Waals surface area contributed by atoms with Crippen LogP contribution in [0.5, 0.6) is 5.75 Å². The van der Waals surface area contributed by atoms with Crippen LogP contribution in [-0.2, 0) is 9.84 Å². The van der Waals surface area contributed by atoms with Crippen molar-refractivity contribution >= 4 is 39.3 Å². The average Bonchev–Trinajstić information content (AvgIpc) is 2.54. The van der Waals surface area contributed by atoms with Gasteiger partial charge in [-0.2, -0.15) is 0 Å². The summed E-state index contributed by atoms with van der Waals surface area (Å²) < 4.78 is 29.2. The first-order valence-electron chi connectivity index (χ1n) is 6.46. The van der Waals surface area contributed by atoms with Crippen LogP contribution in [0.4, 0.5) is 5.69 Å². The number of ether oxygens (including phenoxy) is 1. The van der Waals surface area contributed by atoms with E-state index in [9.17, 15) is 8.42 Å². The second-order valence-corrected chi connectivity index (χ2v) is 7.17. The summed E-state index contributed by atoms with van der Waals surface area (Å²) in [5.41, 5.74) is 7.52. The molecule has 116 valence electrons. The molecule has 0 bridgehead atoms. The SMILES string of the molecule is COc1ccc(/C=C/c2ccc(N)cc2S(=O)(=O)CCl)cc1. The van der Waals surface area contributed by atoms with Gasteiger partial charge in [0.15, 0.2) is 9.84 Å². The highest BCUT2D eigenvalue weighted by Crippen LogP contribution is 2.23. The molecule has 22 heavy (non-hydrogen) atoms. The summed E-state index contributed by atoms with van der Waals surface area (Å²) in [5.74, 6) is 0.759. The van der Waals surface area contributed by atoms with Crippen LogP contribution in [0, 0.1) is 0 Å². The van der Waals surface area contributed by atoms with E-state index >= 15 is 0 Å². The molecule has 2 N–H and O–H groups in total. The average molecular weight is 338 g/mol. The molecule has 2 aromatic rings. The Morgan fingerprint density at radius 2 is 1.82 bits per heavy atom. The Morgan fingerprint density at radius 3 is 2.41 bits per heavy atom. The highest BCUT2D eigenvalue weighted by molar-refractivity contribution is 7.92. The van der Waals surface area contributed by atoms with Crippen molar-refractivity contribution in [2.24, 2.45) is 0 Å². The first-order chi connectivity index (χ1) is 10.5. The second-order valence-electron chi connectivity index (χ2n) is 4.63. The first-order valence-corrected chi connectivity index (χ1v) is 8.65. The lowest BCUT2D eigenvalue weighted by atomic mass is 10.1. The van der Waals surface area contributed by atoms with Crippen LogP contribution in [0.25, 0.3) is 12.2 Å². The van der Waals surface area contributed by atoms with E-state index in [0.29, 0.717) is 11.3 Å². The van der Waals surface area contributed by atoms with Crippen LogP contribution in [0.15, 0.2) is 47.4 Å². The van der Waals surface area contributed by atoms with Crippen LogP contribution >= 0.6 is 11.6 Å². The van der Waals surface area contributed by atoms with Gasteiger partial charge in [-0.3, -0.25) is 0 Å². The molecule has 0 fully saturated rings. The monoisotopic (exact) mass is 337 g/mol. The minimum absolute atomic E-state index is 0.132. The van der Waals surface area contributed by atoms with E-state index in [1.165, 1.54) is 6.07 Å². The van der Waals surface area contributed by atoms with Gasteiger partial charge in [-0.05, 0) is 35.4 Å². The molecular formula is C16H16ClNO3S. The van der Waals surface area contributed by atoms with Gasteiger partial charge in [-0.15, -0.1) is 11.6 Å². The quantitative estimate of drug-likeness (QED) is 0.515. The van der Waals surface area contributed by atoms with Crippen LogP contribution in [0.2, 0.25) is 0 Å². The maximum atomic E-state index is 12.0. The lowest BCUT2D eigenvalue weighted by Gasteiger charge is -2.07. The number of nitrogen functional groups attached to an aromatic ring is 1. The predicted octanol–water partition coefficient (Wildman–Crippen LogP) is 3.42. The summed E-state index contributed by atoms with van der Waals surface area (Å²) in [6.45, 7) is 0. The van der Waals surface area contributed by atoms with Crippen molar-refractivity contribution in [3.63, 3.8) is 0 Å². The summed E-state index contributed by atoms with van der Waals surface area (Å²) in [6, 6.07) is 12.2. The lowest BCUT2D eigenvalue weighted by molar-refractivity contribution is 0.415. The van der Waals surface area contributed by atoms with Crippen molar-refractivity contribution < 1.29 is 13.2 Å². The molecule has 4 nitrogen and oxygen atoms in total. The highest BCUT2D eigenvalue weighted by Gasteiger charge is 2.16. The van der Waals surface area contributed by atoms with E-state index in [1.807, 2.05) is 30.3 Å². The summed E-state index contributed by atoms with van der Waals surface area (Å²) in [6.07, 6.45) is 3.54. The van der Waals surface area contributed by atoms with Gasteiger partial charge in [0.2, 0.25) is 0 Å². The maximum absolute atomic E-state index is 12.0. The number of rotatable bonds is 5. The van der Waals surface area contributed by atoms with Gasteiger partial charge in [-0.25, -0.2) is 8.42 Å². The van der Waals surface area contributed by atoms with Gasteiger partial charge in [-0.1, -0.05) is 30.4 Å². The number of nitrogens with two attached hydrogens (primary N) is 1. The summed E-state index contributed by atoms with van der Waals surface area (Å²) in [5, 5.41) is -0.486. The molecule has 0 aromatic heterocycles. The third kappa shape index (κ3) is 3.81. The maximum Gasteiger partial charge on any atom is 0.192 e. The van der Waals surface area contributed by atoms with E-state index in [1.54, 1.807) is 25.3 Å². The molecule has 0 saturated heterocycles. The van der Waals surface area contributed by atoms with Gasteiger partial charge >= 0.3 is 0 Å². The fraction of sp³-hybridized carbons (Fsp3) is 0.125. The van der Waals surface area contributed by atoms with Crippen LogP contribution in [0.1, 0.15) is 11.1 Å². The molecule has 6 heteroatoms. The van der Waals surface area contributed by atoms with Crippen molar-refractivity contribution in [2.75, 3.05) is 18.1 Å². The van der Waals surface area contributed by atoms with E-state index in [0.717, 1.165) is 11.3 Å². The molecule has 0 radical (unpaired) electrons. The van der Waals surface area contributed by atoms with Gasteiger partial charge in [0.05, 0.1) is 12.0 Å². The topological polar surface area (TPSA) is 69.4 Å². The van der Waals surface area contributed by atoms with Crippen molar-refractivity contribution in [3.05, 3.63) is 53.6 Å². The van der Waals surface area contributed by atoms with Crippen LogP contribution in [0.3, 0.4) is 0 Å². The smallest absolute Gasteiger partial charge is 0.192 e. The molecule has 0 aliphatic carbocycles. The van der Waals surface area contributed by atoms with Gasteiger partial charge in [0, 0.05) is 5.69 Å². The molecule has 0 unspecified atom stereocenters. The summed E-state index contributed by atoms with van der Waals surface area (Å²) >= 11 is 5.54. The van der Waals surface area contributed by atoms with Crippen molar-refractivity contribution in [1.82, 2.24) is 0 Å². The molecule has 0 spiro atoms. The van der Waals surface area contributed by atoms with Gasteiger partial charge in [0.25, 0.3) is 0 Å². The zero-order valence-corrected chi connectivity index (χ0v) is 13.6.